The van der Waals surface area contributed by atoms with Gasteiger partial charge in [-0.15, -0.1) is 0 Å². The van der Waals surface area contributed by atoms with Gasteiger partial charge in [-0.25, -0.2) is 9.18 Å². The van der Waals surface area contributed by atoms with Gasteiger partial charge in [-0.05, 0) is 12.5 Å². The molecule has 0 aromatic heterocycles. The van der Waals surface area contributed by atoms with Gasteiger partial charge in [-0.2, -0.15) is 8.78 Å². The number of hydrogen-bond donors (Lipinski definition) is 0. The molecule has 0 aliphatic carbocycles. The molecule has 1 rings (SSSR count). The Bertz CT molecular complexity index is 411. The van der Waals surface area contributed by atoms with Crippen LogP contribution in [0.3, 0.4) is 0 Å². The number of hydrogen-bond acceptors (Lipinski definition) is 2. The van der Waals surface area contributed by atoms with Crippen LogP contribution in [0.5, 0.6) is 0 Å². The molecule has 1 aromatic rings. The summed E-state index contributed by atoms with van der Waals surface area (Å²) in [5.41, 5.74) is -0.975. The molecule has 92 valence electrons. The highest BCUT2D eigenvalue weighted by atomic mass is 19.3. The summed E-state index contributed by atoms with van der Waals surface area (Å²) in [7, 11) is 0. The van der Waals surface area contributed by atoms with Gasteiger partial charge in [-0.1, -0.05) is 30.3 Å². The number of ether oxygens (including phenoxy) is 1. The van der Waals surface area contributed by atoms with E-state index in [-0.39, 0.29) is 12.2 Å². The molecule has 1 atom stereocenters. The monoisotopic (exact) mass is 244 g/mol. The first-order valence-corrected chi connectivity index (χ1v) is 4.99. The van der Waals surface area contributed by atoms with Crippen LogP contribution in [-0.4, -0.2) is 18.7 Å². The maximum atomic E-state index is 13.6. The van der Waals surface area contributed by atoms with E-state index in [1.807, 2.05) is 0 Å². The number of halogens is 3. The van der Waals surface area contributed by atoms with Crippen molar-refractivity contribution in [3.8, 4) is 0 Å². The smallest absolute Gasteiger partial charge is 0.345 e. The van der Waals surface area contributed by atoms with Crippen molar-refractivity contribution in [3.63, 3.8) is 0 Å². The highest BCUT2D eigenvalue weighted by Crippen LogP contribution is 2.27. The quantitative estimate of drug-likeness (QED) is 0.760. The molecule has 1 aromatic carbocycles. The predicted octanol–water partition coefficient (Wildman–Crippen LogP) is 3.20. The minimum Gasteiger partial charge on any atom is -0.464 e. The molecule has 0 aliphatic rings. The molecule has 0 N–H and O–H groups in total. The Morgan fingerprint density at radius 1 is 1.29 bits per heavy atom. The third-order valence-corrected chi connectivity index (χ3v) is 2.04. The molecule has 0 bridgehead atoms. The summed E-state index contributed by atoms with van der Waals surface area (Å²) in [6, 6.07) is 7.18. The molecule has 5 heteroatoms. The summed E-state index contributed by atoms with van der Waals surface area (Å²) in [4.78, 5) is 11.1. The van der Waals surface area contributed by atoms with Crippen LogP contribution < -0.4 is 0 Å². The van der Waals surface area contributed by atoms with Crippen LogP contribution in [0.25, 0.3) is 5.57 Å². The topological polar surface area (TPSA) is 26.3 Å². The zero-order valence-corrected chi connectivity index (χ0v) is 9.12. The van der Waals surface area contributed by atoms with E-state index in [9.17, 15) is 18.0 Å². The lowest BCUT2D eigenvalue weighted by Crippen LogP contribution is -2.21. The van der Waals surface area contributed by atoms with Gasteiger partial charge in [0.25, 0.3) is 6.08 Å². The lowest BCUT2D eigenvalue weighted by molar-refractivity contribution is -0.146. The highest BCUT2D eigenvalue weighted by Gasteiger charge is 2.28. The number of esters is 1. The number of alkyl halides is 1. The van der Waals surface area contributed by atoms with Crippen molar-refractivity contribution in [1.29, 1.82) is 0 Å². The predicted molar refractivity (Wildman–Crippen MR) is 57.1 cm³/mol. The summed E-state index contributed by atoms with van der Waals surface area (Å²) in [6.07, 6.45) is -4.70. The summed E-state index contributed by atoms with van der Waals surface area (Å²) >= 11 is 0. The standard InChI is InChI=1S/C12H11F3O2/c1-2-17-12(16)10(13)9(11(14)15)8-6-4-3-5-7-8/h3-7,10H,2H2,1H3. The van der Waals surface area contributed by atoms with Crippen molar-refractivity contribution in [1.82, 2.24) is 0 Å². The van der Waals surface area contributed by atoms with Crippen molar-refractivity contribution < 1.29 is 22.7 Å². The maximum Gasteiger partial charge on any atom is 0.345 e. The second-order valence-corrected chi connectivity index (χ2v) is 3.15. The van der Waals surface area contributed by atoms with Crippen LogP contribution in [0.4, 0.5) is 13.2 Å². The Morgan fingerprint density at radius 2 is 1.88 bits per heavy atom. The lowest BCUT2D eigenvalue weighted by atomic mass is 10.0. The van der Waals surface area contributed by atoms with E-state index in [2.05, 4.69) is 4.74 Å². The van der Waals surface area contributed by atoms with E-state index in [0.29, 0.717) is 0 Å². The summed E-state index contributed by atoms with van der Waals surface area (Å²) in [6.45, 7) is 1.41. The van der Waals surface area contributed by atoms with Crippen molar-refractivity contribution in [2.45, 2.75) is 13.1 Å². The normalized spacial score (nSPS) is 11.8. The third kappa shape index (κ3) is 3.34. The average molecular weight is 244 g/mol. The Morgan fingerprint density at radius 3 is 2.35 bits per heavy atom. The fourth-order valence-corrected chi connectivity index (χ4v) is 1.30. The third-order valence-electron chi connectivity index (χ3n) is 2.04. The SMILES string of the molecule is CCOC(=O)C(F)C(=C(F)F)c1ccccc1. The minimum atomic E-state index is -2.47. The molecule has 0 saturated carbocycles. The van der Waals surface area contributed by atoms with E-state index < -0.39 is 23.8 Å². The van der Waals surface area contributed by atoms with Gasteiger partial charge in [0.1, 0.15) is 0 Å². The van der Waals surface area contributed by atoms with Gasteiger partial charge < -0.3 is 4.74 Å². The fourth-order valence-electron chi connectivity index (χ4n) is 1.30. The number of carbonyl (C=O) groups excluding carboxylic acids is 1. The van der Waals surface area contributed by atoms with Gasteiger partial charge >= 0.3 is 5.97 Å². The number of carbonyl (C=O) groups is 1. The molecular weight excluding hydrogens is 233 g/mol. The lowest BCUT2D eigenvalue weighted by Gasteiger charge is -2.11. The molecule has 0 amide bonds. The fraction of sp³-hybridized carbons (Fsp3) is 0.250. The van der Waals surface area contributed by atoms with E-state index in [4.69, 9.17) is 0 Å². The summed E-state index contributed by atoms with van der Waals surface area (Å²) in [5.74, 6) is -1.31. The Labute approximate surface area is 96.7 Å². The van der Waals surface area contributed by atoms with Crippen molar-refractivity contribution in [2.75, 3.05) is 6.61 Å². The first kappa shape index (κ1) is 13.3. The van der Waals surface area contributed by atoms with Crippen LogP contribution in [0.2, 0.25) is 0 Å². The first-order chi connectivity index (χ1) is 8.07. The molecule has 2 nitrogen and oxygen atoms in total. The second-order valence-electron chi connectivity index (χ2n) is 3.15. The first-order valence-electron chi connectivity index (χ1n) is 4.99. The van der Waals surface area contributed by atoms with Gasteiger partial charge in [0.05, 0.1) is 12.2 Å². The van der Waals surface area contributed by atoms with Crippen molar-refractivity contribution in [3.05, 3.63) is 42.0 Å². The molecule has 0 heterocycles. The molecule has 0 radical (unpaired) electrons. The van der Waals surface area contributed by atoms with Crippen molar-refractivity contribution in [2.24, 2.45) is 0 Å². The van der Waals surface area contributed by atoms with E-state index >= 15 is 0 Å². The Balaban J connectivity index is 3.05. The van der Waals surface area contributed by atoms with Crippen LogP contribution in [0, 0.1) is 0 Å². The average Bonchev–Trinajstić information content (AvgIpc) is 2.30. The largest absolute Gasteiger partial charge is 0.464 e. The van der Waals surface area contributed by atoms with E-state index in [0.717, 1.165) is 0 Å². The summed E-state index contributed by atoms with van der Waals surface area (Å²) in [5, 5.41) is 0. The van der Waals surface area contributed by atoms with E-state index in [1.54, 1.807) is 6.07 Å². The minimum absolute atomic E-state index is 0.0342. The van der Waals surface area contributed by atoms with Gasteiger partial charge in [0.15, 0.2) is 0 Å². The molecule has 0 saturated heterocycles. The molecule has 0 spiro atoms. The number of rotatable bonds is 4. The van der Waals surface area contributed by atoms with Gasteiger partial charge in [0.2, 0.25) is 6.17 Å². The summed E-state index contributed by atoms with van der Waals surface area (Å²) < 4.78 is 43.3. The molecule has 17 heavy (non-hydrogen) atoms. The molecular formula is C12H11F3O2. The molecule has 0 fully saturated rings. The zero-order chi connectivity index (χ0) is 12.8. The van der Waals surface area contributed by atoms with Crippen LogP contribution in [0.1, 0.15) is 12.5 Å². The molecule has 0 aliphatic heterocycles. The highest BCUT2D eigenvalue weighted by molar-refractivity contribution is 5.91. The van der Waals surface area contributed by atoms with Crippen molar-refractivity contribution >= 4 is 11.5 Å². The Kier molecular flexibility index (Phi) is 4.75. The number of benzene rings is 1. The van der Waals surface area contributed by atoms with Crippen LogP contribution in [-0.2, 0) is 9.53 Å². The van der Waals surface area contributed by atoms with E-state index in [1.165, 1.54) is 31.2 Å². The second kappa shape index (κ2) is 6.08. The maximum absolute atomic E-state index is 13.6. The zero-order valence-electron chi connectivity index (χ0n) is 9.12. The van der Waals surface area contributed by atoms with Gasteiger partial charge in [-0.3, -0.25) is 0 Å². The van der Waals surface area contributed by atoms with Gasteiger partial charge in [0, 0.05) is 0 Å². The Hall–Kier alpha value is -1.78. The van der Waals surface area contributed by atoms with Crippen LogP contribution >= 0.6 is 0 Å². The van der Waals surface area contributed by atoms with Crippen LogP contribution in [0.15, 0.2) is 36.4 Å². The molecule has 1 unspecified atom stereocenters.